The molecule has 0 saturated carbocycles. The minimum Gasteiger partial charge on any atom is -0.398 e. The van der Waals surface area contributed by atoms with E-state index < -0.39 is 0 Å². The van der Waals surface area contributed by atoms with Crippen molar-refractivity contribution >= 4 is 21.6 Å². The van der Waals surface area contributed by atoms with Gasteiger partial charge in [-0.2, -0.15) is 0 Å². The Hall–Kier alpha value is -1.39. The lowest BCUT2D eigenvalue weighted by molar-refractivity contribution is 0.245. The topological polar surface area (TPSA) is 29.3 Å². The normalized spacial score (nSPS) is 15.1. The first-order valence-electron chi connectivity index (χ1n) is 6.66. The summed E-state index contributed by atoms with van der Waals surface area (Å²) in [7, 11) is 0. The summed E-state index contributed by atoms with van der Waals surface area (Å²) < 4.78 is 14.3. The van der Waals surface area contributed by atoms with Crippen LogP contribution in [-0.4, -0.2) is 11.4 Å². The van der Waals surface area contributed by atoms with Crippen LogP contribution in [0.2, 0.25) is 0 Å². The first-order chi connectivity index (χ1) is 9.63. The molecule has 0 bridgehead atoms. The fourth-order valence-electron chi connectivity index (χ4n) is 2.74. The van der Waals surface area contributed by atoms with Crippen LogP contribution in [0.4, 0.5) is 10.1 Å². The highest BCUT2D eigenvalue weighted by Gasteiger charge is 2.18. The number of halogens is 2. The van der Waals surface area contributed by atoms with Crippen LogP contribution in [-0.2, 0) is 19.5 Å². The molecule has 0 aliphatic carbocycles. The first kappa shape index (κ1) is 13.6. The summed E-state index contributed by atoms with van der Waals surface area (Å²) in [6, 6.07) is 10.9. The fraction of sp³-hybridized carbons (Fsp3) is 0.250. The molecule has 20 heavy (non-hydrogen) atoms. The molecule has 0 aromatic heterocycles. The number of anilines is 1. The Labute approximate surface area is 126 Å². The summed E-state index contributed by atoms with van der Waals surface area (Å²) in [5.74, 6) is -0.190. The van der Waals surface area contributed by atoms with Crippen LogP contribution >= 0.6 is 15.9 Å². The van der Waals surface area contributed by atoms with E-state index >= 15 is 0 Å². The van der Waals surface area contributed by atoms with Crippen molar-refractivity contribution in [1.29, 1.82) is 0 Å². The van der Waals surface area contributed by atoms with E-state index in [4.69, 9.17) is 5.73 Å². The lowest BCUT2D eigenvalue weighted by Crippen LogP contribution is -2.30. The summed E-state index contributed by atoms with van der Waals surface area (Å²) >= 11 is 3.49. The van der Waals surface area contributed by atoms with Crippen molar-refractivity contribution in [1.82, 2.24) is 4.90 Å². The van der Waals surface area contributed by atoms with Gasteiger partial charge in [-0.1, -0.05) is 28.1 Å². The van der Waals surface area contributed by atoms with Crippen LogP contribution in [0.15, 0.2) is 40.9 Å². The molecular formula is C16H16BrFN2. The molecule has 0 saturated heterocycles. The molecule has 0 unspecified atom stereocenters. The quantitative estimate of drug-likeness (QED) is 0.848. The maximum absolute atomic E-state index is 13.3. The maximum atomic E-state index is 13.3. The van der Waals surface area contributed by atoms with Crippen LogP contribution in [0.25, 0.3) is 0 Å². The van der Waals surface area contributed by atoms with E-state index in [2.05, 4.69) is 26.9 Å². The molecule has 0 spiro atoms. The smallest absolute Gasteiger partial charge is 0.123 e. The lowest BCUT2D eigenvalue weighted by Gasteiger charge is -2.29. The molecule has 2 aromatic carbocycles. The SMILES string of the molecule is Nc1cccc2c1CCN(Cc1cc(F)ccc1Br)C2. The summed E-state index contributed by atoms with van der Waals surface area (Å²) in [6.45, 7) is 2.56. The van der Waals surface area contributed by atoms with Gasteiger partial charge in [0.15, 0.2) is 0 Å². The number of hydrogen-bond donors (Lipinski definition) is 1. The number of nitrogens with zero attached hydrogens (tertiary/aromatic N) is 1. The molecular weight excluding hydrogens is 319 g/mol. The van der Waals surface area contributed by atoms with Crippen LogP contribution in [0.5, 0.6) is 0 Å². The van der Waals surface area contributed by atoms with Gasteiger partial charge in [0.05, 0.1) is 0 Å². The molecule has 1 heterocycles. The molecule has 0 atom stereocenters. The number of nitrogen functional groups attached to an aromatic ring is 1. The molecule has 2 N–H and O–H groups in total. The van der Waals surface area contributed by atoms with Crippen LogP contribution in [0.3, 0.4) is 0 Å². The molecule has 1 aliphatic rings. The van der Waals surface area contributed by atoms with E-state index in [1.165, 1.54) is 17.2 Å². The molecule has 3 rings (SSSR count). The maximum Gasteiger partial charge on any atom is 0.123 e. The van der Waals surface area contributed by atoms with E-state index in [9.17, 15) is 4.39 Å². The minimum absolute atomic E-state index is 0.190. The monoisotopic (exact) mass is 334 g/mol. The standard InChI is InChI=1S/C16H16BrFN2/c17-15-5-4-13(18)8-12(15)10-20-7-6-14-11(9-20)2-1-3-16(14)19/h1-5,8H,6-7,9-10,19H2. The van der Waals surface area contributed by atoms with Crippen molar-refractivity contribution in [3.63, 3.8) is 0 Å². The molecule has 4 heteroatoms. The average molecular weight is 335 g/mol. The van der Waals surface area contributed by atoms with Crippen LogP contribution in [0, 0.1) is 5.82 Å². The number of benzene rings is 2. The molecule has 2 nitrogen and oxygen atoms in total. The van der Waals surface area contributed by atoms with Crippen molar-refractivity contribution in [2.75, 3.05) is 12.3 Å². The second-order valence-corrected chi connectivity index (χ2v) is 6.04. The first-order valence-corrected chi connectivity index (χ1v) is 7.45. The second kappa shape index (κ2) is 5.54. The Morgan fingerprint density at radius 2 is 2.10 bits per heavy atom. The van der Waals surface area contributed by atoms with Gasteiger partial charge in [0.25, 0.3) is 0 Å². The summed E-state index contributed by atoms with van der Waals surface area (Å²) in [5, 5.41) is 0. The van der Waals surface area contributed by atoms with Crippen molar-refractivity contribution in [3.05, 3.63) is 63.4 Å². The number of rotatable bonds is 2. The summed E-state index contributed by atoms with van der Waals surface area (Å²) in [5.41, 5.74) is 10.4. The molecule has 0 fully saturated rings. The van der Waals surface area contributed by atoms with Gasteiger partial charge in [0.2, 0.25) is 0 Å². The fourth-order valence-corrected chi connectivity index (χ4v) is 3.11. The predicted octanol–water partition coefficient (Wildman–Crippen LogP) is 3.73. The zero-order valence-electron chi connectivity index (χ0n) is 11.1. The van der Waals surface area contributed by atoms with Gasteiger partial charge < -0.3 is 5.73 Å². The second-order valence-electron chi connectivity index (χ2n) is 5.18. The van der Waals surface area contributed by atoms with Crippen molar-refractivity contribution in [3.8, 4) is 0 Å². The van der Waals surface area contributed by atoms with E-state index in [0.29, 0.717) is 0 Å². The Kier molecular flexibility index (Phi) is 3.76. The molecule has 104 valence electrons. The summed E-state index contributed by atoms with van der Waals surface area (Å²) in [6.07, 6.45) is 0.953. The van der Waals surface area contributed by atoms with Gasteiger partial charge in [0, 0.05) is 29.8 Å². The largest absolute Gasteiger partial charge is 0.398 e. The van der Waals surface area contributed by atoms with Crippen LogP contribution < -0.4 is 5.73 Å². The van der Waals surface area contributed by atoms with E-state index in [1.807, 2.05) is 12.1 Å². The Bertz CT molecular complexity index is 642. The number of hydrogen-bond acceptors (Lipinski definition) is 2. The van der Waals surface area contributed by atoms with Crippen molar-refractivity contribution in [2.45, 2.75) is 19.5 Å². The predicted molar refractivity (Wildman–Crippen MR) is 82.8 cm³/mol. The Morgan fingerprint density at radius 1 is 1.25 bits per heavy atom. The average Bonchev–Trinajstić information content (AvgIpc) is 2.43. The van der Waals surface area contributed by atoms with E-state index in [-0.39, 0.29) is 5.82 Å². The third-order valence-corrected chi connectivity index (χ3v) is 4.56. The third kappa shape index (κ3) is 2.72. The summed E-state index contributed by atoms with van der Waals surface area (Å²) in [4.78, 5) is 2.32. The van der Waals surface area contributed by atoms with Gasteiger partial charge in [-0.15, -0.1) is 0 Å². The van der Waals surface area contributed by atoms with Gasteiger partial charge in [-0.05, 0) is 47.4 Å². The van der Waals surface area contributed by atoms with Crippen LogP contribution in [0.1, 0.15) is 16.7 Å². The lowest BCUT2D eigenvalue weighted by atomic mass is 9.97. The van der Waals surface area contributed by atoms with Crippen molar-refractivity contribution in [2.24, 2.45) is 0 Å². The zero-order chi connectivity index (χ0) is 14.1. The Balaban J connectivity index is 1.79. The highest BCUT2D eigenvalue weighted by atomic mass is 79.9. The van der Waals surface area contributed by atoms with Gasteiger partial charge >= 0.3 is 0 Å². The molecule has 1 aliphatic heterocycles. The number of fused-ring (bicyclic) bond motifs is 1. The van der Waals surface area contributed by atoms with Gasteiger partial charge in [-0.25, -0.2) is 4.39 Å². The van der Waals surface area contributed by atoms with Gasteiger partial charge in [-0.3, -0.25) is 4.90 Å². The molecule has 0 radical (unpaired) electrons. The highest BCUT2D eigenvalue weighted by molar-refractivity contribution is 9.10. The van der Waals surface area contributed by atoms with E-state index in [1.54, 1.807) is 12.1 Å². The molecule has 0 amide bonds. The van der Waals surface area contributed by atoms with Crippen molar-refractivity contribution < 1.29 is 4.39 Å². The zero-order valence-corrected chi connectivity index (χ0v) is 12.7. The number of nitrogens with two attached hydrogens (primary N) is 1. The molecule has 2 aromatic rings. The van der Waals surface area contributed by atoms with E-state index in [0.717, 1.165) is 41.8 Å². The third-order valence-electron chi connectivity index (χ3n) is 3.78. The van der Waals surface area contributed by atoms with Gasteiger partial charge in [0.1, 0.15) is 5.82 Å². The Morgan fingerprint density at radius 3 is 2.95 bits per heavy atom. The minimum atomic E-state index is -0.190. The highest BCUT2D eigenvalue weighted by Crippen LogP contribution is 2.26.